The molecule has 1 aromatic carbocycles. The van der Waals surface area contributed by atoms with Gasteiger partial charge in [0.15, 0.2) is 0 Å². The highest BCUT2D eigenvalue weighted by molar-refractivity contribution is 6.17. The first-order chi connectivity index (χ1) is 5.79. The van der Waals surface area contributed by atoms with E-state index in [0.717, 1.165) is 0 Å². The van der Waals surface area contributed by atoms with Crippen molar-refractivity contribution in [3.05, 3.63) is 35.1 Å². The molecule has 0 atom stereocenters. The Morgan fingerprint density at radius 2 is 2.08 bits per heavy atom. The molecule has 1 rings (SSSR count). The Labute approximate surface area is 75.4 Å². The highest BCUT2D eigenvalue weighted by atomic mass is 35.5. The zero-order valence-electron chi connectivity index (χ0n) is 6.35. The fourth-order valence-corrected chi connectivity index (χ4v) is 1.16. The number of halogens is 2. The molecule has 0 heterocycles. The quantitative estimate of drug-likeness (QED) is 0.647. The fourth-order valence-electron chi connectivity index (χ4n) is 0.958. The summed E-state index contributed by atoms with van der Waals surface area (Å²) in [7, 11) is 0. The molecule has 3 heteroatoms. The van der Waals surface area contributed by atoms with Crippen molar-refractivity contribution in [3.63, 3.8) is 0 Å². The zero-order valence-corrected chi connectivity index (χ0v) is 7.11. The lowest BCUT2D eigenvalue weighted by Gasteiger charge is -2.01. The van der Waals surface area contributed by atoms with E-state index in [2.05, 4.69) is 0 Å². The van der Waals surface area contributed by atoms with Crippen molar-refractivity contribution in [1.29, 1.82) is 5.26 Å². The summed E-state index contributed by atoms with van der Waals surface area (Å²) in [6.45, 7) is 0. The van der Waals surface area contributed by atoms with Gasteiger partial charge in [0.2, 0.25) is 0 Å². The van der Waals surface area contributed by atoms with Crippen LogP contribution < -0.4 is 0 Å². The fraction of sp³-hybridized carbons (Fsp3) is 0.222. The van der Waals surface area contributed by atoms with Crippen molar-refractivity contribution < 1.29 is 4.39 Å². The van der Waals surface area contributed by atoms with E-state index in [1.54, 1.807) is 18.2 Å². The summed E-state index contributed by atoms with van der Waals surface area (Å²) in [5.74, 6) is -0.209. The lowest BCUT2D eigenvalue weighted by molar-refractivity contribution is 0.604. The van der Waals surface area contributed by atoms with Gasteiger partial charge in [-0.15, -0.1) is 11.6 Å². The van der Waals surface area contributed by atoms with E-state index < -0.39 is 0 Å². The van der Waals surface area contributed by atoms with Gasteiger partial charge >= 0.3 is 0 Å². The molecule has 0 saturated carbocycles. The molecule has 0 radical (unpaired) electrons. The number of nitriles is 1. The standard InChI is InChI=1S/C9H7ClFN/c10-6-8-3-1-2-7(4-5-12)9(8)11/h1-3H,4,6H2. The minimum Gasteiger partial charge on any atom is -0.206 e. The SMILES string of the molecule is N#CCc1cccc(CCl)c1F. The molecule has 0 amide bonds. The van der Waals surface area contributed by atoms with Crippen LogP contribution in [0, 0.1) is 17.1 Å². The Morgan fingerprint density at radius 1 is 1.42 bits per heavy atom. The molecule has 12 heavy (non-hydrogen) atoms. The minimum atomic E-state index is -0.353. The highest BCUT2D eigenvalue weighted by Gasteiger charge is 2.05. The van der Waals surface area contributed by atoms with Crippen LogP contribution in [0.25, 0.3) is 0 Å². The van der Waals surface area contributed by atoms with Gasteiger partial charge in [0, 0.05) is 11.1 Å². The van der Waals surface area contributed by atoms with Gasteiger partial charge in [0.1, 0.15) is 5.82 Å². The Balaban J connectivity index is 3.07. The summed E-state index contributed by atoms with van der Waals surface area (Å²) in [5, 5.41) is 8.36. The van der Waals surface area contributed by atoms with Crippen molar-refractivity contribution in [1.82, 2.24) is 0 Å². The summed E-state index contributed by atoms with van der Waals surface area (Å²) in [4.78, 5) is 0. The van der Waals surface area contributed by atoms with E-state index in [0.29, 0.717) is 11.1 Å². The molecule has 0 aliphatic carbocycles. The maximum Gasteiger partial charge on any atom is 0.131 e. The van der Waals surface area contributed by atoms with Crippen LogP contribution in [0.15, 0.2) is 18.2 Å². The molecule has 1 aromatic rings. The predicted octanol–water partition coefficient (Wildman–Crippen LogP) is 2.63. The molecule has 0 saturated heterocycles. The average Bonchev–Trinajstić information content (AvgIpc) is 2.09. The van der Waals surface area contributed by atoms with Crippen LogP contribution in [-0.4, -0.2) is 0 Å². The number of hydrogen-bond donors (Lipinski definition) is 0. The number of nitrogens with zero attached hydrogens (tertiary/aromatic N) is 1. The van der Waals surface area contributed by atoms with Gasteiger partial charge in [-0.05, 0) is 0 Å². The third kappa shape index (κ3) is 1.75. The molecule has 0 aliphatic heterocycles. The number of benzene rings is 1. The Hall–Kier alpha value is -1.07. The number of rotatable bonds is 2. The lowest BCUT2D eigenvalue weighted by Crippen LogP contribution is -1.93. The van der Waals surface area contributed by atoms with Gasteiger partial charge in [-0.25, -0.2) is 4.39 Å². The van der Waals surface area contributed by atoms with Crippen molar-refractivity contribution in [2.75, 3.05) is 0 Å². The predicted molar refractivity (Wildman–Crippen MR) is 45.3 cm³/mol. The Morgan fingerprint density at radius 3 is 2.67 bits per heavy atom. The summed E-state index contributed by atoms with van der Waals surface area (Å²) < 4.78 is 13.2. The first-order valence-corrected chi connectivity index (χ1v) is 4.02. The molecule has 0 fully saturated rings. The molecular weight excluding hydrogens is 177 g/mol. The first-order valence-electron chi connectivity index (χ1n) is 3.48. The average molecular weight is 184 g/mol. The normalized spacial score (nSPS) is 9.42. The summed E-state index contributed by atoms with van der Waals surface area (Å²) >= 11 is 5.48. The van der Waals surface area contributed by atoms with Crippen molar-refractivity contribution >= 4 is 11.6 Å². The summed E-state index contributed by atoms with van der Waals surface area (Å²) in [6, 6.07) is 6.80. The third-order valence-electron chi connectivity index (χ3n) is 1.57. The largest absolute Gasteiger partial charge is 0.206 e. The number of hydrogen-bond acceptors (Lipinski definition) is 1. The Kier molecular flexibility index (Phi) is 3.07. The van der Waals surface area contributed by atoms with Gasteiger partial charge < -0.3 is 0 Å². The van der Waals surface area contributed by atoms with Gasteiger partial charge in [-0.1, -0.05) is 18.2 Å². The third-order valence-corrected chi connectivity index (χ3v) is 1.86. The second kappa shape index (κ2) is 4.08. The molecule has 0 aliphatic rings. The first kappa shape index (κ1) is 9.02. The number of alkyl halides is 1. The van der Waals surface area contributed by atoms with Crippen molar-refractivity contribution in [2.45, 2.75) is 12.3 Å². The van der Waals surface area contributed by atoms with Crippen LogP contribution in [-0.2, 0) is 12.3 Å². The molecule has 62 valence electrons. The maximum atomic E-state index is 13.2. The van der Waals surface area contributed by atoms with Crippen LogP contribution >= 0.6 is 11.6 Å². The summed E-state index contributed by atoms with van der Waals surface area (Å²) in [6.07, 6.45) is 0.0938. The van der Waals surface area contributed by atoms with E-state index in [-0.39, 0.29) is 18.1 Å². The molecule has 0 bridgehead atoms. The van der Waals surface area contributed by atoms with Crippen LogP contribution in [0.5, 0.6) is 0 Å². The summed E-state index contributed by atoms with van der Waals surface area (Å²) in [5.41, 5.74) is 0.861. The molecule has 0 unspecified atom stereocenters. The Bertz CT molecular complexity index is 317. The molecule has 0 spiro atoms. The second-order valence-electron chi connectivity index (χ2n) is 2.36. The van der Waals surface area contributed by atoms with Crippen LogP contribution in [0.3, 0.4) is 0 Å². The lowest BCUT2D eigenvalue weighted by atomic mass is 10.1. The maximum absolute atomic E-state index is 13.2. The molecule has 1 nitrogen and oxygen atoms in total. The van der Waals surface area contributed by atoms with Crippen LogP contribution in [0.4, 0.5) is 4.39 Å². The van der Waals surface area contributed by atoms with E-state index in [9.17, 15) is 4.39 Å². The molecular formula is C9H7ClFN. The van der Waals surface area contributed by atoms with Crippen molar-refractivity contribution in [2.24, 2.45) is 0 Å². The molecule has 0 aromatic heterocycles. The minimum absolute atomic E-state index is 0.0938. The monoisotopic (exact) mass is 183 g/mol. The van der Waals surface area contributed by atoms with E-state index in [1.165, 1.54) is 0 Å². The highest BCUT2D eigenvalue weighted by Crippen LogP contribution is 2.14. The van der Waals surface area contributed by atoms with Gasteiger partial charge in [-0.2, -0.15) is 5.26 Å². The zero-order chi connectivity index (χ0) is 8.97. The van der Waals surface area contributed by atoms with Crippen LogP contribution in [0.1, 0.15) is 11.1 Å². The van der Waals surface area contributed by atoms with E-state index in [1.807, 2.05) is 6.07 Å². The smallest absolute Gasteiger partial charge is 0.131 e. The second-order valence-corrected chi connectivity index (χ2v) is 2.63. The van der Waals surface area contributed by atoms with Gasteiger partial charge in [0.25, 0.3) is 0 Å². The van der Waals surface area contributed by atoms with Crippen LogP contribution in [0.2, 0.25) is 0 Å². The van der Waals surface area contributed by atoms with Gasteiger partial charge in [0.05, 0.1) is 18.4 Å². The van der Waals surface area contributed by atoms with E-state index in [4.69, 9.17) is 16.9 Å². The topological polar surface area (TPSA) is 23.8 Å². The van der Waals surface area contributed by atoms with E-state index >= 15 is 0 Å². The molecule has 0 N–H and O–H groups in total. The van der Waals surface area contributed by atoms with Crippen molar-refractivity contribution in [3.8, 4) is 6.07 Å². The van der Waals surface area contributed by atoms with Gasteiger partial charge in [-0.3, -0.25) is 0 Å².